The molecule has 29 heavy (non-hydrogen) atoms. The van der Waals surface area contributed by atoms with E-state index in [-0.39, 0.29) is 11.8 Å². The second-order valence-corrected chi connectivity index (χ2v) is 7.30. The average Bonchev–Trinajstić information content (AvgIpc) is 3.29. The fraction of sp³-hybridized carbons (Fsp3) is 0.381. The summed E-state index contributed by atoms with van der Waals surface area (Å²) in [7, 11) is 0. The third kappa shape index (κ3) is 4.11. The summed E-state index contributed by atoms with van der Waals surface area (Å²) in [6.07, 6.45) is 4.89. The predicted molar refractivity (Wildman–Crippen MR) is 111 cm³/mol. The SMILES string of the molecule is CCN(C(=O)C1CCCN(c2ccc(-n3cncn3)nn2)C1)c1cccc(C)c1. The van der Waals surface area contributed by atoms with Crippen LogP contribution in [0.2, 0.25) is 0 Å². The summed E-state index contributed by atoms with van der Waals surface area (Å²) < 4.78 is 1.57. The molecule has 0 aliphatic carbocycles. The van der Waals surface area contributed by atoms with Gasteiger partial charge in [0, 0.05) is 25.3 Å². The summed E-state index contributed by atoms with van der Waals surface area (Å²) in [5, 5.41) is 12.7. The van der Waals surface area contributed by atoms with Crippen molar-refractivity contribution in [3.63, 3.8) is 0 Å². The van der Waals surface area contributed by atoms with Gasteiger partial charge in [0.05, 0.1) is 5.92 Å². The smallest absolute Gasteiger partial charge is 0.231 e. The molecule has 1 aliphatic rings. The Hall–Kier alpha value is -3.29. The van der Waals surface area contributed by atoms with Gasteiger partial charge in [0.1, 0.15) is 12.7 Å². The number of rotatable bonds is 5. The third-order valence-corrected chi connectivity index (χ3v) is 5.28. The lowest BCUT2D eigenvalue weighted by Gasteiger charge is -2.35. The summed E-state index contributed by atoms with van der Waals surface area (Å²) in [4.78, 5) is 21.2. The number of amides is 1. The van der Waals surface area contributed by atoms with Crippen molar-refractivity contribution in [3.8, 4) is 5.82 Å². The Morgan fingerprint density at radius 1 is 1.21 bits per heavy atom. The van der Waals surface area contributed by atoms with Gasteiger partial charge in [-0.25, -0.2) is 9.67 Å². The quantitative estimate of drug-likeness (QED) is 0.665. The van der Waals surface area contributed by atoms with Gasteiger partial charge in [0.25, 0.3) is 0 Å². The zero-order valence-corrected chi connectivity index (χ0v) is 16.8. The van der Waals surface area contributed by atoms with E-state index < -0.39 is 0 Å². The number of carbonyl (C=O) groups is 1. The van der Waals surface area contributed by atoms with Gasteiger partial charge in [-0.15, -0.1) is 10.2 Å². The lowest BCUT2D eigenvalue weighted by Crippen LogP contribution is -2.45. The molecule has 0 radical (unpaired) electrons. The van der Waals surface area contributed by atoms with Gasteiger partial charge in [-0.2, -0.15) is 5.10 Å². The maximum absolute atomic E-state index is 13.3. The number of hydrogen-bond acceptors (Lipinski definition) is 6. The van der Waals surface area contributed by atoms with Crippen molar-refractivity contribution in [1.82, 2.24) is 25.0 Å². The molecule has 1 unspecified atom stereocenters. The first-order chi connectivity index (χ1) is 14.2. The van der Waals surface area contributed by atoms with Crippen LogP contribution in [0.15, 0.2) is 49.1 Å². The number of aromatic nitrogens is 5. The number of hydrogen-bond donors (Lipinski definition) is 0. The fourth-order valence-electron chi connectivity index (χ4n) is 3.80. The van der Waals surface area contributed by atoms with Crippen molar-refractivity contribution in [2.75, 3.05) is 29.4 Å². The van der Waals surface area contributed by atoms with Crippen LogP contribution in [0.5, 0.6) is 0 Å². The van der Waals surface area contributed by atoms with Gasteiger partial charge in [0.15, 0.2) is 11.6 Å². The van der Waals surface area contributed by atoms with Gasteiger partial charge < -0.3 is 9.80 Å². The van der Waals surface area contributed by atoms with Crippen LogP contribution >= 0.6 is 0 Å². The normalized spacial score (nSPS) is 16.6. The van der Waals surface area contributed by atoms with Crippen molar-refractivity contribution >= 4 is 17.4 Å². The molecule has 0 bridgehead atoms. The maximum Gasteiger partial charge on any atom is 0.231 e. The summed E-state index contributed by atoms with van der Waals surface area (Å²) in [6, 6.07) is 11.9. The predicted octanol–water partition coefficient (Wildman–Crippen LogP) is 2.64. The molecule has 1 aliphatic heterocycles. The molecule has 0 saturated carbocycles. The van der Waals surface area contributed by atoms with E-state index in [1.807, 2.05) is 49.1 Å². The van der Waals surface area contributed by atoms with Crippen LogP contribution in [0, 0.1) is 12.8 Å². The molecule has 150 valence electrons. The first-order valence-electron chi connectivity index (χ1n) is 9.97. The molecule has 3 aromatic rings. The second kappa shape index (κ2) is 8.38. The molecule has 4 rings (SSSR count). The highest BCUT2D eigenvalue weighted by Crippen LogP contribution is 2.26. The number of benzene rings is 1. The third-order valence-electron chi connectivity index (χ3n) is 5.28. The van der Waals surface area contributed by atoms with E-state index in [9.17, 15) is 4.79 Å². The van der Waals surface area contributed by atoms with Crippen molar-refractivity contribution in [3.05, 3.63) is 54.6 Å². The zero-order chi connectivity index (χ0) is 20.2. The number of aryl methyl sites for hydroxylation is 1. The molecule has 2 aromatic heterocycles. The first-order valence-corrected chi connectivity index (χ1v) is 9.97. The average molecular weight is 391 g/mol. The standard InChI is InChI=1S/C21H25N7O/c1-3-27(18-8-4-6-16(2)12-18)21(29)17-7-5-11-26(13-17)19-9-10-20(25-24-19)28-15-22-14-23-28/h4,6,8-10,12,14-15,17H,3,5,7,11,13H2,1-2H3. The van der Waals surface area contributed by atoms with Crippen LogP contribution in [0.1, 0.15) is 25.3 Å². The van der Waals surface area contributed by atoms with Crippen LogP contribution in [0.25, 0.3) is 5.82 Å². The van der Waals surface area contributed by atoms with E-state index in [0.717, 1.165) is 36.5 Å². The molecular formula is C21H25N7O. The maximum atomic E-state index is 13.3. The monoisotopic (exact) mass is 391 g/mol. The van der Waals surface area contributed by atoms with Crippen LogP contribution in [0.4, 0.5) is 11.5 Å². The molecule has 1 atom stereocenters. The lowest BCUT2D eigenvalue weighted by molar-refractivity contribution is -0.122. The minimum atomic E-state index is -0.0546. The van der Waals surface area contributed by atoms with Crippen molar-refractivity contribution in [1.29, 1.82) is 0 Å². The van der Waals surface area contributed by atoms with Gasteiger partial charge in [0.2, 0.25) is 5.91 Å². The summed E-state index contributed by atoms with van der Waals surface area (Å²) in [6.45, 7) is 6.25. The second-order valence-electron chi connectivity index (χ2n) is 7.30. The van der Waals surface area contributed by atoms with E-state index in [1.165, 1.54) is 6.33 Å². The highest BCUT2D eigenvalue weighted by atomic mass is 16.2. The van der Waals surface area contributed by atoms with Crippen molar-refractivity contribution < 1.29 is 4.79 Å². The largest absolute Gasteiger partial charge is 0.354 e. The Kier molecular flexibility index (Phi) is 5.50. The molecule has 0 N–H and O–H groups in total. The lowest BCUT2D eigenvalue weighted by atomic mass is 9.96. The van der Waals surface area contributed by atoms with E-state index in [0.29, 0.717) is 18.9 Å². The summed E-state index contributed by atoms with van der Waals surface area (Å²) >= 11 is 0. The molecule has 1 saturated heterocycles. The van der Waals surface area contributed by atoms with E-state index in [1.54, 1.807) is 11.0 Å². The summed E-state index contributed by atoms with van der Waals surface area (Å²) in [5.74, 6) is 1.52. The highest BCUT2D eigenvalue weighted by molar-refractivity contribution is 5.95. The Balaban J connectivity index is 1.48. The van der Waals surface area contributed by atoms with Crippen LogP contribution < -0.4 is 9.80 Å². The number of piperidine rings is 1. The van der Waals surface area contributed by atoms with Crippen LogP contribution in [-0.2, 0) is 4.79 Å². The minimum absolute atomic E-state index is 0.0546. The molecule has 8 nitrogen and oxygen atoms in total. The minimum Gasteiger partial charge on any atom is -0.354 e. The molecule has 8 heteroatoms. The van der Waals surface area contributed by atoms with Gasteiger partial charge in [-0.05, 0) is 56.5 Å². The zero-order valence-electron chi connectivity index (χ0n) is 16.8. The molecule has 1 amide bonds. The molecule has 1 aromatic carbocycles. The van der Waals surface area contributed by atoms with Gasteiger partial charge >= 0.3 is 0 Å². The van der Waals surface area contributed by atoms with E-state index in [4.69, 9.17) is 0 Å². The number of anilines is 2. The van der Waals surface area contributed by atoms with Crippen molar-refractivity contribution in [2.45, 2.75) is 26.7 Å². The topological polar surface area (TPSA) is 80.0 Å². The number of nitrogens with zero attached hydrogens (tertiary/aromatic N) is 7. The number of carbonyl (C=O) groups excluding carboxylic acids is 1. The van der Waals surface area contributed by atoms with E-state index in [2.05, 4.69) is 31.2 Å². The molecule has 3 heterocycles. The first kappa shape index (κ1) is 19.0. The van der Waals surface area contributed by atoms with Crippen molar-refractivity contribution in [2.24, 2.45) is 5.92 Å². The van der Waals surface area contributed by atoms with E-state index >= 15 is 0 Å². The molecule has 1 fully saturated rings. The van der Waals surface area contributed by atoms with Gasteiger partial charge in [-0.1, -0.05) is 12.1 Å². The molecule has 0 spiro atoms. The Morgan fingerprint density at radius 3 is 2.72 bits per heavy atom. The Morgan fingerprint density at radius 2 is 2.03 bits per heavy atom. The highest BCUT2D eigenvalue weighted by Gasteiger charge is 2.30. The Bertz CT molecular complexity index is 955. The van der Waals surface area contributed by atoms with Crippen LogP contribution in [0.3, 0.4) is 0 Å². The van der Waals surface area contributed by atoms with Gasteiger partial charge in [-0.3, -0.25) is 4.79 Å². The summed E-state index contributed by atoms with van der Waals surface area (Å²) in [5.41, 5.74) is 2.12. The Labute approximate surface area is 170 Å². The van der Waals surface area contributed by atoms with Crippen LogP contribution in [-0.4, -0.2) is 50.5 Å². The molecular weight excluding hydrogens is 366 g/mol. The fourth-order valence-corrected chi connectivity index (χ4v) is 3.80.